The highest BCUT2D eigenvalue weighted by atomic mass is 19.1. The van der Waals surface area contributed by atoms with E-state index >= 15 is 0 Å². The Hall–Kier alpha value is -1.84. The first kappa shape index (κ1) is 11.6. The molecule has 0 aliphatic carbocycles. The Kier molecular flexibility index (Phi) is 3.13. The first-order valence-corrected chi connectivity index (χ1v) is 5.49. The lowest BCUT2D eigenvalue weighted by Gasteiger charge is -2.05. The molecule has 0 spiro atoms. The van der Waals surface area contributed by atoms with Crippen molar-refractivity contribution in [1.82, 2.24) is 9.55 Å². The number of nitrogens with zero attached hydrogens (tertiary/aromatic N) is 2. The molecule has 1 heterocycles. The summed E-state index contributed by atoms with van der Waals surface area (Å²) in [7, 11) is 1.45. The van der Waals surface area contributed by atoms with Gasteiger partial charge in [0.05, 0.1) is 19.1 Å². The molecule has 0 unspecified atom stereocenters. The van der Waals surface area contributed by atoms with Crippen LogP contribution in [0, 0.1) is 5.82 Å². The van der Waals surface area contributed by atoms with Crippen molar-refractivity contribution in [1.29, 1.82) is 0 Å². The molecule has 0 bridgehead atoms. The predicted molar refractivity (Wildman–Crippen MR) is 64.2 cm³/mol. The first-order chi connectivity index (χ1) is 8.11. The molecule has 17 heavy (non-hydrogen) atoms. The van der Waals surface area contributed by atoms with Crippen LogP contribution in [0.3, 0.4) is 0 Å². The van der Waals surface area contributed by atoms with Crippen molar-refractivity contribution >= 4 is 0 Å². The van der Waals surface area contributed by atoms with Gasteiger partial charge in [-0.3, -0.25) is 0 Å². The molecular formula is C13H15FN2O. The van der Waals surface area contributed by atoms with Crippen molar-refractivity contribution < 1.29 is 9.13 Å². The van der Waals surface area contributed by atoms with E-state index in [0.29, 0.717) is 5.92 Å². The van der Waals surface area contributed by atoms with Gasteiger partial charge in [-0.15, -0.1) is 0 Å². The second kappa shape index (κ2) is 4.57. The van der Waals surface area contributed by atoms with Crippen LogP contribution in [0.1, 0.15) is 25.5 Å². The summed E-state index contributed by atoms with van der Waals surface area (Å²) in [6.07, 6.45) is 3.60. The van der Waals surface area contributed by atoms with Crippen molar-refractivity contribution in [3.8, 4) is 11.4 Å². The molecule has 1 aromatic heterocycles. The number of methoxy groups -OCH3 is 1. The molecule has 0 radical (unpaired) electrons. The van der Waals surface area contributed by atoms with E-state index in [1.807, 2.05) is 6.20 Å². The van der Waals surface area contributed by atoms with Crippen LogP contribution in [-0.2, 0) is 0 Å². The molecular weight excluding hydrogens is 219 g/mol. The summed E-state index contributed by atoms with van der Waals surface area (Å²) in [5, 5.41) is 0. The van der Waals surface area contributed by atoms with Gasteiger partial charge in [0, 0.05) is 18.0 Å². The highest BCUT2D eigenvalue weighted by Crippen LogP contribution is 2.21. The molecule has 2 rings (SSSR count). The Balaban J connectivity index is 2.36. The molecule has 3 nitrogen and oxygen atoms in total. The van der Waals surface area contributed by atoms with Crippen molar-refractivity contribution in [3.05, 3.63) is 42.2 Å². The van der Waals surface area contributed by atoms with Crippen molar-refractivity contribution in [3.63, 3.8) is 0 Å². The van der Waals surface area contributed by atoms with Gasteiger partial charge >= 0.3 is 0 Å². The Morgan fingerprint density at radius 2 is 2.12 bits per heavy atom. The fourth-order valence-electron chi connectivity index (χ4n) is 1.59. The molecule has 2 aromatic rings. The van der Waals surface area contributed by atoms with Gasteiger partial charge in [0.1, 0.15) is 0 Å². The quantitative estimate of drug-likeness (QED) is 0.815. The molecule has 0 aliphatic heterocycles. The fourth-order valence-corrected chi connectivity index (χ4v) is 1.59. The Bertz CT molecular complexity index is 520. The number of hydrogen-bond donors (Lipinski definition) is 0. The topological polar surface area (TPSA) is 27.1 Å². The van der Waals surface area contributed by atoms with Crippen molar-refractivity contribution in [2.45, 2.75) is 19.8 Å². The summed E-state index contributed by atoms with van der Waals surface area (Å²) in [4.78, 5) is 4.27. The van der Waals surface area contributed by atoms with Gasteiger partial charge in [-0.25, -0.2) is 9.37 Å². The van der Waals surface area contributed by atoms with E-state index in [0.717, 1.165) is 11.4 Å². The van der Waals surface area contributed by atoms with E-state index in [2.05, 4.69) is 18.8 Å². The van der Waals surface area contributed by atoms with Crippen LogP contribution >= 0.6 is 0 Å². The van der Waals surface area contributed by atoms with Gasteiger partial charge in [0.2, 0.25) is 0 Å². The standard InChI is InChI=1S/C13H15FN2O/c1-9(2)12-7-16(8-15-12)10-4-5-13(17-3)11(14)6-10/h4-9H,1-3H3. The largest absolute Gasteiger partial charge is 0.494 e. The molecule has 0 atom stereocenters. The Morgan fingerprint density at radius 1 is 1.35 bits per heavy atom. The van der Waals surface area contributed by atoms with E-state index in [1.165, 1.54) is 13.2 Å². The number of benzene rings is 1. The lowest BCUT2D eigenvalue weighted by Crippen LogP contribution is -1.94. The minimum Gasteiger partial charge on any atom is -0.494 e. The normalized spacial score (nSPS) is 10.9. The number of rotatable bonds is 3. The lowest BCUT2D eigenvalue weighted by atomic mass is 10.2. The SMILES string of the molecule is COc1ccc(-n2cnc(C(C)C)c2)cc1F. The van der Waals surface area contributed by atoms with Gasteiger partial charge in [0.25, 0.3) is 0 Å². The number of imidazole rings is 1. The van der Waals surface area contributed by atoms with Crippen LogP contribution in [-0.4, -0.2) is 16.7 Å². The molecule has 0 fully saturated rings. The molecule has 4 heteroatoms. The average Bonchev–Trinajstić information content (AvgIpc) is 2.78. The minimum atomic E-state index is -0.371. The second-order valence-corrected chi connectivity index (χ2v) is 4.18. The van der Waals surface area contributed by atoms with Gasteiger partial charge in [-0.2, -0.15) is 0 Å². The van der Waals surface area contributed by atoms with E-state index in [-0.39, 0.29) is 11.6 Å². The third kappa shape index (κ3) is 2.30. The third-order valence-electron chi connectivity index (χ3n) is 2.63. The lowest BCUT2D eigenvalue weighted by molar-refractivity contribution is 0.386. The minimum absolute atomic E-state index is 0.248. The highest BCUT2D eigenvalue weighted by Gasteiger charge is 2.07. The molecule has 0 saturated carbocycles. The van der Waals surface area contributed by atoms with Gasteiger partial charge < -0.3 is 9.30 Å². The summed E-state index contributed by atoms with van der Waals surface area (Å²) >= 11 is 0. The average molecular weight is 234 g/mol. The number of halogens is 1. The van der Waals surface area contributed by atoms with E-state index in [1.54, 1.807) is 23.0 Å². The van der Waals surface area contributed by atoms with E-state index in [4.69, 9.17) is 4.74 Å². The summed E-state index contributed by atoms with van der Waals surface area (Å²) in [6.45, 7) is 4.14. The molecule has 0 aliphatic rings. The second-order valence-electron chi connectivity index (χ2n) is 4.18. The van der Waals surface area contributed by atoms with Gasteiger partial charge in [-0.1, -0.05) is 13.8 Å². The molecule has 0 amide bonds. The predicted octanol–water partition coefficient (Wildman–Crippen LogP) is 3.14. The third-order valence-corrected chi connectivity index (χ3v) is 2.63. The first-order valence-electron chi connectivity index (χ1n) is 5.49. The summed E-state index contributed by atoms with van der Waals surface area (Å²) in [5.74, 6) is 0.238. The van der Waals surface area contributed by atoms with Gasteiger partial charge in [-0.05, 0) is 18.1 Å². The summed E-state index contributed by atoms with van der Waals surface area (Å²) in [6, 6.07) is 4.85. The van der Waals surface area contributed by atoms with Crippen LogP contribution in [0.15, 0.2) is 30.7 Å². The highest BCUT2D eigenvalue weighted by molar-refractivity contribution is 5.39. The zero-order valence-corrected chi connectivity index (χ0v) is 10.1. The van der Waals surface area contributed by atoms with Crippen molar-refractivity contribution in [2.75, 3.05) is 7.11 Å². The van der Waals surface area contributed by atoms with Crippen molar-refractivity contribution in [2.24, 2.45) is 0 Å². The maximum atomic E-state index is 13.5. The van der Waals surface area contributed by atoms with Crippen LogP contribution in [0.5, 0.6) is 5.75 Å². The number of aromatic nitrogens is 2. The summed E-state index contributed by atoms with van der Waals surface area (Å²) in [5.41, 5.74) is 1.73. The molecule has 0 saturated heterocycles. The molecule has 1 aromatic carbocycles. The van der Waals surface area contributed by atoms with Crippen LogP contribution in [0.2, 0.25) is 0 Å². The smallest absolute Gasteiger partial charge is 0.167 e. The van der Waals surface area contributed by atoms with Crippen LogP contribution in [0.4, 0.5) is 4.39 Å². The maximum absolute atomic E-state index is 13.5. The molecule has 90 valence electrons. The summed E-state index contributed by atoms with van der Waals surface area (Å²) < 4.78 is 20.2. The number of ether oxygens (including phenoxy) is 1. The van der Waals surface area contributed by atoms with E-state index < -0.39 is 0 Å². The Labute approximate surface area is 99.9 Å². The monoisotopic (exact) mass is 234 g/mol. The van der Waals surface area contributed by atoms with Crippen LogP contribution < -0.4 is 4.74 Å². The number of hydrogen-bond acceptors (Lipinski definition) is 2. The molecule has 0 N–H and O–H groups in total. The zero-order chi connectivity index (χ0) is 12.4. The Morgan fingerprint density at radius 3 is 2.65 bits per heavy atom. The maximum Gasteiger partial charge on any atom is 0.167 e. The van der Waals surface area contributed by atoms with Gasteiger partial charge in [0.15, 0.2) is 11.6 Å². The van der Waals surface area contributed by atoms with Crippen LogP contribution in [0.25, 0.3) is 5.69 Å². The zero-order valence-electron chi connectivity index (χ0n) is 10.1. The fraction of sp³-hybridized carbons (Fsp3) is 0.308. The van der Waals surface area contributed by atoms with E-state index in [9.17, 15) is 4.39 Å².